The highest BCUT2D eigenvalue weighted by molar-refractivity contribution is 6.31. The van der Waals surface area contributed by atoms with E-state index in [9.17, 15) is 9.59 Å². The Labute approximate surface area is 175 Å². The van der Waals surface area contributed by atoms with Crippen LogP contribution in [-0.4, -0.2) is 25.4 Å². The van der Waals surface area contributed by atoms with Crippen molar-refractivity contribution in [3.05, 3.63) is 88.9 Å². The summed E-state index contributed by atoms with van der Waals surface area (Å²) in [6.07, 6.45) is 0. The lowest BCUT2D eigenvalue weighted by molar-refractivity contribution is -0.114. The second kappa shape index (κ2) is 9.26. The fourth-order valence-electron chi connectivity index (χ4n) is 2.83. The second-order valence-corrected chi connectivity index (χ2v) is 7.08. The van der Waals surface area contributed by atoms with Crippen LogP contribution in [0.5, 0.6) is 0 Å². The summed E-state index contributed by atoms with van der Waals surface area (Å²) in [6.45, 7) is 1.97. The van der Waals surface area contributed by atoms with Gasteiger partial charge in [0.25, 0.3) is 5.91 Å². The molecule has 3 aromatic carbocycles. The van der Waals surface area contributed by atoms with Gasteiger partial charge in [-0.05, 0) is 55.0 Å². The number of nitrogens with zero attached hydrogens (tertiary/aromatic N) is 1. The number of nitrogens with one attached hydrogen (secondary N) is 2. The molecule has 0 aliphatic heterocycles. The predicted molar refractivity (Wildman–Crippen MR) is 119 cm³/mol. The van der Waals surface area contributed by atoms with E-state index in [4.69, 9.17) is 11.6 Å². The maximum absolute atomic E-state index is 12.8. The van der Waals surface area contributed by atoms with Crippen molar-refractivity contribution < 1.29 is 9.59 Å². The van der Waals surface area contributed by atoms with E-state index < -0.39 is 0 Å². The van der Waals surface area contributed by atoms with Gasteiger partial charge in [-0.2, -0.15) is 0 Å². The van der Waals surface area contributed by atoms with Gasteiger partial charge in [-0.15, -0.1) is 0 Å². The molecular formula is C23H22ClN3O2. The van der Waals surface area contributed by atoms with Crippen LogP contribution in [0, 0.1) is 6.92 Å². The molecule has 0 heterocycles. The maximum atomic E-state index is 12.8. The lowest BCUT2D eigenvalue weighted by Gasteiger charge is -2.18. The fraction of sp³-hybridized carbons (Fsp3) is 0.130. The van der Waals surface area contributed by atoms with Crippen molar-refractivity contribution in [2.75, 3.05) is 29.1 Å². The standard InChI is InChI=1S/C23H22ClN3O2/c1-16-11-12-18(24)14-21(16)26-22(28)15-25-19-8-6-7-17(13-19)23(29)27(2)20-9-4-3-5-10-20/h3-14,25H,15H2,1-2H3,(H,26,28). The Morgan fingerprint density at radius 3 is 2.48 bits per heavy atom. The molecule has 5 nitrogen and oxygen atoms in total. The van der Waals surface area contributed by atoms with Crippen molar-refractivity contribution in [2.24, 2.45) is 0 Å². The molecule has 0 saturated heterocycles. The minimum Gasteiger partial charge on any atom is -0.376 e. The molecule has 3 rings (SSSR count). The number of amides is 2. The Kier molecular flexibility index (Phi) is 6.52. The minimum atomic E-state index is -0.200. The summed E-state index contributed by atoms with van der Waals surface area (Å²) >= 11 is 5.99. The first-order chi connectivity index (χ1) is 13.9. The number of carbonyl (C=O) groups excluding carboxylic acids is 2. The molecule has 0 radical (unpaired) electrons. The van der Waals surface area contributed by atoms with Crippen LogP contribution in [0.3, 0.4) is 0 Å². The quantitative estimate of drug-likeness (QED) is 0.606. The van der Waals surface area contributed by atoms with Crippen LogP contribution in [0.4, 0.5) is 17.1 Å². The molecular weight excluding hydrogens is 386 g/mol. The van der Waals surface area contributed by atoms with E-state index in [2.05, 4.69) is 10.6 Å². The van der Waals surface area contributed by atoms with Crippen molar-refractivity contribution in [1.82, 2.24) is 0 Å². The van der Waals surface area contributed by atoms with Crippen LogP contribution in [0.15, 0.2) is 72.8 Å². The largest absolute Gasteiger partial charge is 0.376 e. The average Bonchev–Trinajstić information content (AvgIpc) is 2.74. The van der Waals surface area contributed by atoms with Gasteiger partial charge in [0.2, 0.25) is 5.91 Å². The highest BCUT2D eigenvalue weighted by Gasteiger charge is 2.14. The summed E-state index contributed by atoms with van der Waals surface area (Å²) in [7, 11) is 1.73. The number of hydrogen-bond donors (Lipinski definition) is 2. The lowest BCUT2D eigenvalue weighted by atomic mass is 10.1. The third-order valence-electron chi connectivity index (χ3n) is 4.48. The molecule has 3 aromatic rings. The number of carbonyl (C=O) groups is 2. The van der Waals surface area contributed by atoms with Crippen LogP contribution >= 0.6 is 11.6 Å². The molecule has 148 valence electrons. The normalized spacial score (nSPS) is 10.3. The smallest absolute Gasteiger partial charge is 0.258 e. The Bertz CT molecular complexity index is 1020. The van der Waals surface area contributed by atoms with Crippen LogP contribution < -0.4 is 15.5 Å². The van der Waals surface area contributed by atoms with Gasteiger partial charge < -0.3 is 15.5 Å². The first kappa shape index (κ1) is 20.4. The van der Waals surface area contributed by atoms with Crippen molar-refractivity contribution in [3.63, 3.8) is 0 Å². The van der Waals surface area contributed by atoms with Gasteiger partial charge in [-0.3, -0.25) is 9.59 Å². The number of hydrogen-bond acceptors (Lipinski definition) is 3. The highest BCUT2D eigenvalue weighted by atomic mass is 35.5. The van der Waals surface area contributed by atoms with Crippen molar-refractivity contribution >= 4 is 40.5 Å². The summed E-state index contributed by atoms with van der Waals surface area (Å²) in [5, 5.41) is 6.46. The zero-order valence-corrected chi connectivity index (χ0v) is 17.0. The molecule has 2 N–H and O–H groups in total. The zero-order valence-electron chi connectivity index (χ0n) is 16.3. The molecule has 0 bridgehead atoms. The molecule has 0 unspecified atom stereocenters. The summed E-state index contributed by atoms with van der Waals surface area (Å²) in [6, 6.07) is 21.9. The predicted octanol–water partition coefficient (Wildman–Crippen LogP) is 4.98. The monoisotopic (exact) mass is 407 g/mol. The van der Waals surface area contributed by atoms with Crippen molar-refractivity contribution in [1.29, 1.82) is 0 Å². The third-order valence-corrected chi connectivity index (χ3v) is 4.72. The number of rotatable bonds is 6. The molecule has 0 atom stereocenters. The van der Waals surface area contributed by atoms with E-state index in [-0.39, 0.29) is 18.4 Å². The Hall–Kier alpha value is -3.31. The average molecular weight is 408 g/mol. The van der Waals surface area contributed by atoms with E-state index in [0.29, 0.717) is 22.0 Å². The van der Waals surface area contributed by atoms with Crippen molar-refractivity contribution in [3.8, 4) is 0 Å². The molecule has 0 fully saturated rings. The molecule has 0 aliphatic carbocycles. The van der Waals surface area contributed by atoms with Gasteiger partial charge in [0.15, 0.2) is 0 Å². The van der Waals surface area contributed by atoms with Gasteiger partial charge in [-0.1, -0.05) is 41.9 Å². The van der Waals surface area contributed by atoms with E-state index in [1.165, 1.54) is 0 Å². The summed E-state index contributed by atoms with van der Waals surface area (Å²) in [4.78, 5) is 26.6. The lowest BCUT2D eigenvalue weighted by Crippen LogP contribution is -2.26. The van der Waals surface area contributed by atoms with Crippen LogP contribution in [0.2, 0.25) is 5.02 Å². The molecule has 0 aliphatic rings. The topological polar surface area (TPSA) is 61.4 Å². The summed E-state index contributed by atoms with van der Waals surface area (Å²) in [5.74, 6) is -0.327. The Morgan fingerprint density at radius 2 is 1.72 bits per heavy atom. The Morgan fingerprint density at radius 1 is 0.966 bits per heavy atom. The zero-order chi connectivity index (χ0) is 20.8. The molecule has 0 saturated carbocycles. The number of aryl methyl sites for hydroxylation is 1. The highest BCUT2D eigenvalue weighted by Crippen LogP contribution is 2.20. The van der Waals surface area contributed by atoms with Gasteiger partial charge in [0, 0.05) is 34.7 Å². The first-order valence-electron chi connectivity index (χ1n) is 9.17. The number of benzene rings is 3. The van der Waals surface area contributed by atoms with Gasteiger partial charge in [0.05, 0.1) is 6.54 Å². The fourth-order valence-corrected chi connectivity index (χ4v) is 3.00. The molecule has 29 heavy (non-hydrogen) atoms. The van der Waals surface area contributed by atoms with Crippen LogP contribution in [0.1, 0.15) is 15.9 Å². The molecule has 0 aromatic heterocycles. The van der Waals surface area contributed by atoms with Crippen LogP contribution in [0.25, 0.3) is 0 Å². The van der Waals surface area contributed by atoms with Gasteiger partial charge in [0.1, 0.15) is 0 Å². The second-order valence-electron chi connectivity index (χ2n) is 6.64. The van der Waals surface area contributed by atoms with E-state index in [0.717, 1.165) is 11.3 Å². The van der Waals surface area contributed by atoms with Gasteiger partial charge >= 0.3 is 0 Å². The van der Waals surface area contributed by atoms with Crippen LogP contribution in [-0.2, 0) is 4.79 Å². The van der Waals surface area contributed by atoms with E-state index in [1.807, 2.05) is 49.4 Å². The molecule has 0 spiro atoms. The minimum absolute atomic E-state index is 0.0676. The SMILES string of the molecule is Cc1ccc(Cl)cc1NC(=O)CNc1cccc(C(=O)N(C)c2ccccc2)c1. The number of halogens is 1. The van der Waals surface area contributed by atoms with E-state index in [1.54, 1.807) is 42.3 Å². The summed E-state index contributed by atoms with van der Waals surface area (Å²) < 4.78 is 0. The molecule has 2 amide bonds. The first-order valence-corrected chi connectivity index (χ1v) is 9.55. The third kappa shape index (κ3) is 5.36. The molecule has 6 heteroatoms. The van der Waals surface area contributed by atoms with E-state index >= 15 is 0 Å². The summed E-state index contributed by atoms with van der Waals surface area (Å²) in [5.41, 5.74) is 3.65. The van der Waals surface area contributed by atoms with Crippen molar-refractivity contribution in [2.45, 2.75) is 6.92 Å². The Balaban J connectivity index is 1.63. The number of anilines is 3. The van der Waals surface area contributed by atoms with Gasteiger partial charge in [-0.25, -0.2) is 0 Å². The number of para-hydroxylation sites is 1. The maximum Gasteiger partial charge on any atom is 0.258 e.